The summed E-state index contributed by atoms with van der Waals surface area (Å²) in [4.78, 5) is 25.6. The standard InChI is InChI=1S/C29H26F3N5O3/c1-18-4-5-19(13-26(18)40-28-24(3-2-9-35-28)25-8-12-34-17-36-25)27(38)37-21-14-20(29(30,31)32)15-23(16-21)39-22-6-10-33-11-7-22/h2-5,8-9,12-17,22,33H,6-7,10-11H2,1H3,(H,37,38). The number of hydrogen-bond acceptors (Lipinski definition) is 7. The number of nitrogens with one attached hydrogen (secondary N) is 2. The topological polar surface area (TPSA) is 98.3 Å². The quantitative estimate of drug-likeness (QED) is 0.290. The molecule has 1 aliphatic rings. The summed E-state index contributed by atoms with van der Waals surface area (Å²) in [6, 6.07) is 13.3. The van der Waals surface area contributed by atoms with Crippen LogP contribution >= 0.6 is 0 Å². The Kier molecular flexibility index (Phi) is 7.92. The lowest BCUT2D eigenvalue weighted by Gasteiger charge is -2.24. The molecule has 1 aliphatic heterocycles. The molecule has 0 saturated carbocycles. The van der Waals surface area contributed by atoms with Crippen LogP contribution < -0.4 is 20.1 Å². The molecule has 11 heteroatoms. The van der Waals surface area contributed by atoms with Crippen molar-refractivity contribution in [3.05, 3.63) is 90.0 Å². The average molecular weight is 550 g/mol. The minimum Gasteiger partial charge on any atom is -0.490 e. The van der Waals surface area contributed by atoms with Crippen molar-refractivity contribution in [3.63, 3.8) is 0 Å². The van der Waals surface area contributed by atoms with Crippen molar-refractivity contribution in [3.8, 4) is 28.6 Å². The van der Waals surface area contributed by atoms with E-state index in [2.05, 4.69) is 25.6 Å². The summed E-state index contributed by atoms with van der Waals surface area (Å²) in [6.45, 7) is 3.26. The Morgan fingerprint density at radius 1 is 1.02 bits per heavy atom. The fourth-order valence-electron chi connectivity index (χ4n) is 4.28. The zero-order valence-corrected chi connectivity index (χ0v) is 21.5. The van der Waals surface area contributed by atoms with Gasteiger partial charge in [-0.15, -0.1) is 0 Å². The van der Waals surface area contributed by atoms with Crippen LogP contribution in [0.1, 0.15) is 34.3 Å². The first-order chi connectivity index (χ1) is 19.3. The van der Waals surface area contributed by atoms with Crippen molar-refractivity contribution < 1.29 is 27.4 Å². The van der Waals surface area contributed by atoms with Crippen molar-refractivity contribution in [2.75, 3.05) is 18.4 Å². The third kappa shape index (κ3) is 6.55. The Balaban J connectivity index is 1.39. The summed E-state index contributed by atoms with van der Waals surface area (Å²) in [5, 5.41) is 5.77. The molecule has 1 amide bonds. The van der Waals surface area contributed by atoms with Gasteiger partial charge in [-0.05, 0) is 80.9 Å². The number of rotatable bonds is 7. The van der Waals surface area contributed by atoms with Crippen LogP contribution in [0.3, 0.4) is 0 Å². The second kappa shape index (κ2) is 11.7. The highest BCUT2D eigenvalue weighted by atomic mass is 19.4. The summed E-state index contributed by atoms with van der Waals surface area (Å²) in [5.74, 6) is 0.0893. The zero-order chi connectivity index (χ0) is 28.1. The highest BCUT2D eigenvalue weighted by Gasteiger charge is 2.32. The summed E-state index contributed by atoms with van der Waals surface area (Å²) >= 11 is 0. The monoisotopic (exact) mass is 549 g/mol. The number of alkyl halides is 3. The van der Waals surface area contributed by atoms with E-state index in [0.717, 1.165) is 30.8 Å². The van der Waals surface area contributed by atoms with E-state index in [0.29, 0.717) is 29.8 Å². The molecular weight excluding hydrogens is 523 g/mol. The maximum absolute atomic E-state index is 13.6. The molecule has 2 N–H and O–H groups in total. The maximum Gasteiger partial charge on any atom is 0.416 e. The van der Waals surface area contributed by atoms with Crippen molar-refractivity contribution in [2.24, 2.45) is 0 Å². The Morgan fingerprint density at radius 3 is 2.60 bits per heavy atom. The first kappa shape index (κ1) is 27.1. The largest absolute Gasteiger partial charge is 0.490 e. The zero-order valence-electron chi connectivity index (χ0n) is 21.5. The fourth-order valence-corrected chi connectivity index (χ4v) is 4.28. The van der Waals surface area contributed by atoms with Gasteiger partial charge >= 0.3 is 6.18 Å². The van der Waals surface area contributed by atoms with E-state index in [1.807, 2.05) is 6.92 Å². The number of halogens is 3. The van der Waals surface area contributed by atoms with Crippen LogP contribution in [-0.2, 0) is 6.18 Å². The SMILES string of the molecule is Cc1ccc(C(=O)Nc2cc(OC3CCNCC3)cc(C(F)(F)F)c2)cc1Oc1ncccc1-c1ccncn1. The molecular formula is C29H26F3N5O3. The van der Waals surface area contributed by atoms with Crippen LogP contribution in [0.25, 0.3) is 11.3 Å². The highest BCUT2D eigenvalue weighted by molar-refractivity contribution is 6.04. The first-order valence-electron chi connectivity index (χ1n) is 12.7. The van der Waals surface area contributed by atoms with Crippen molar-refractivity contribution in [1.82, 2.24) is 20.3 Å². The van der Waals surface area contributed by atoms with Gasteiger partial charge in [0.1, 0.15) is 23.9 Å². The van der Waals surface area contributed by atoms with Crippen molar-refractivity contribution in [2.45, 2.75) is 32.0 Å². The van der Waals surface area contributed by atoms with Crippen LogP contribution in [0.2, 0.25) is 0 Å². The van der Waals surface area contributed by atoms with Crippen LogP contribution in [0.5, 0.6) is 17.4 Å². The smallest absolute Gasteiger partial charge is 0.416 e. The Morgan fingerprint density at radius 2 is 1.85 bits per heavy atom. The number of aryl methyl sites for hydroxylation is 1. The van der Waals surface area contributed by atoms with E-state index in [1.165, 1.54) is 18.5 Å². The lowest BCUT2D eigenvalue weighted by molar-refractivity contribution is -0.137. The molecule has 0 unspecified atom stereocenters. The highest BCUT2D eigenvalue weighted by Crippen LogP contribution is 2.36. The van der Waals surface area contributed by atoms with Gasteiger partial charge in [-0.25, -0.2) is 15.0 Å². The molecule has 0 aliphatic carbocycles. The third-order valence-electron chi connectivity index (χ3n) is 6.37. The van der Waals surface area contributed by atoms with E-state index in [4.69, 9.17) is 9.47 Å². The number of hydrogen-bond donors (Lipinski definition) is 2. The molecule has 206 valence electrons. The Labute approximate surface area is 228 Å². The number of carbonyl (C=O) groups excluding carboxylic acids is 1. The molecule has 0 atom stereocenters. The fraction of sp³-hybridized carbons (Fsp3) is 0.241. The average Bonchev–Trinajstić information content (AvgIpc) is 2.95. The number of amides is 1. The minimum absolute atomic E-state index is 0.0254. The number of nitrogens with zero attached hydrogens (tertiary/aromatic N) is 3. The molecule has 8 nitrogen and oxygen atoms in total. The van der Waals surface area contributed by atoms with Crippen LogP contribution in [0.15, 0.2) is 73.3 Å². The third-order valence-corrected chi connectivity index (χ3v) is 6.37. The molecule has 1 saturated heterocycles. The number of piperidine rings is 1. The van der Waals surface area contributed by atoms with Crippen molar-refractivity contribution in [1.29, 1.82) is 0 Å². The predicted molar refractivity (Wildman–Crippen MR) is 142 cm³/mol. The predicted octanol–water partition coefficient (Wildman–Crippen LogP) is 6.04. The second-order valence-electron chi connectivity index (χ2n) is 9.30. The number of anilines is 1. The van der Waals surface area contributed by atoms with E-state index in [9.17, 15) is 18.0 Å². The summed E-state index contributed by atoms with van der Waals surface area (Å²) in [5.41, 5.74) is 1.23. The molecule has 0 spiro atoms. The van der Waals surface area contributed by atoms with Gasteiger partial charge in [0, 0.05) is 29.7 Å². The molecule has 4 aromatic rings. The van der Waals surface area contributed by atoms with Gasteiger partial charge in [0.05, 0.1) is 16.8 Å². The van der Waals surface area contributed by atoms with E-state index >= 15 is 0 Å². The van der Waals surface area contributed by atoms with E-state index in [-0.39, 0.29) is 29.0 Å². The molecule has 1 fully saturated rings. The molecule has 5 rings (SSSR count). The van der Waals surface area contributed by atoms with Gasteiger partial charge < -0.3 is 20.1 Å². The van der Waals surface area contributed by atoms with E-state index < -0.39 is 17.6 Å². The summed E-state index contributed by atoms with van der Waals surface area (Å²) < 4.78 is 52.8. The molecule has 2 aromatic heterocycles. The van der Waals surface area contributed by atoms with Crippen LogP contribution in [0.4, 0.5) is 18.9 Å². The van der Waals surface area contributed by atoms with Gasteiger partial charge in [-0.1, -0.05) is 6.07 Å². The van der Waals surface area contributed by atoms with Gasteiger partial charge in [-0.3, -0.25) is 4.79 Å². The first-order valence-corrected chi connectivity index (χ1v) is 12.7. The van der Waals surface area contributed by atoms with Gasteiger partial charge in [-0.2, -0.15) is 13.2 Å². The van der Waals surface area contributed by atoms with Crippen molar-refractivity contribution >= 4 is 11.6 Å². The normalized spacial score (nSPS) is 14.0. The number of carbonyl (C=O) groups is 1. The lowest BCUT2D eigenvalue weighted by atomic mass is 10.1. The number of pyridine rings is 1. The minimum atomic E-state index is -4.61. The number of ether oxygens (including phenoxy) is 2. The lowest BCUT2D eigenvalue weighted by Crippen LogP contribution is -2.34. The Bertz CT molecular complexity index is 1490. The van der Waals surface area contributed by atoms with Crippen LogP contribution in [-0.4, -0.2) is 40.1 Å². The number of benzene rings is 2. The Hall–Kier alpha value is -4.51. The van der Waals surface area contributed by atoms with Gasteiger partial charge in [0.2, 0.25) is 5.88 Å². The number of aromatic nitrogens is 3. The summed E-state index contributed by atoms with van der Waals surface area (Å²) in [7, 11) is 0. The van der Waals surface area contributed by atoms with Crippen LogP contribution in [0, 0.1) is 6.92 Å². The molecule has 0 bridgehead atoms. The second-order valence-corrected chi connectivity index (χ2v) is 9.30. The summed E-state index contributed by atoms with van der Waals surface area (Å²) in [6.07, 6.45) is 1.14. The van der Waals surface area contributed by atoms with Gasteiger partial charge in [0.15, 0.2) is 0 Å². The maximum atomic E-state index is 13.6. The van der Waals surface area contributed by atoms with Gasteiger partial charge in [0.25, 0.3) is 5.91 Å². The molecule has 40 heavy (non-hydrogen) atoms. The van der Waals surface area contributed by atoms with E-state index in [1.54, 1.807) is 42.7 Å². The molecule has 3 heterocycles. The molecule has 0 radical (unpaired) electrons. The molecule has 2 aromatic carbocycles.